The molecule has 7 heteroatoms. The first-order valence-corrected chi connectivity index (χ1v) is 7.63. The third-order valence-electron chi connectivity index (χ3n) is 3.52. The van der Waals surface area contributed by atoms with Crippen LogP contribution in [0.5, 0.6) is 0 Å². The number of para-hydroxylation sites is 1. The smallest absolute Gasteiger partial charge is 0.279 e. The van der Waals surface area contributed by atoms with Gasteiger partial charge in [0, 0.05) is 0 Å². The molecule has 22 heavy (non-hydrogen) atoms. The Morgan fingerprint density at radius 1 is 1.14 bits per heavy atom. The number of benzene rings is 1. The van der Waals surface area contributed by atoms with Crippen LogP contribution in [-0.4, -0.2) is 45.7 Å². The fourth-order valence-electron chi connectivity index (χ4n) is 2.11. The highest BCUT2D eigenvalue weighted by molar-refractivity contribution is 6.33. The minimum atomic E-state index is 0. The second-order valence-corrected chi connectivity index (χ2v) is 5.53. The Morgan fingerprint density at radius 2 is 1.73 bits per heavy atom. The van der Waals surface area contributed by atoms with Crippen molar-refractivity contribution in [2.24, 2.45) is 0 Å². The molecule has 1 rings (SSSR count). The molecule has 0 aromatic heterocycles. The maximum Gasteiger partial charge on any atom is 0.279 e. The number of halogens is 3. The van der Waals surface area contributed by atoms with Crippen LogP contribution in [0.1, 0.15) is 13.8 Å². The van der Waals surface area contributed by atoms with Crippen molar-refractivity contribution in [1.82, 2.24) is 0 Å². The fourth-order valence-corrected chi connectivity index (χ4v) is 2.30. The van der Waals surface area contributed by atoms with E-state index in [1.54, 1.807) is 11.0 Å². The Hall–Kier alpha value is -0.520. The summed E-state index contributed by atoms with van der Waals surface area (Å²) < 4.78 is 0. The van der Waals surface area contributed by atoms with Gasteiger partial charge in [0.15, 0.2) is 6.54 Å². The monoisotopic (exact) mass is 369 g/mol. The van der Waals surface area contributed by atoms with Crippen LogP contribution in [0.2, 0.25) is 5.02 Å². The van der Waals surface area contributed by atoms with E-state index in [2.05, 4.69) is 26.2 Å². The number of rotatable bonds is 8. The Labute approximate surface area is 151 Å². The number of hydrogen-bond acceptors (Lipinski definition) is 1. The lowest BCUT2D eigenvalue weighted by Crippen LogP contribution is -3.19. The lowest BCUT2D eigenvalue weighted by Gasteiger charge is -2.18. The van der Waals surface area contributed by atoms with Gasteiger partial charge in [-0.15, -0.1) is 0 Å². The lowest BCUT2D eigenvalue weighted by atomic mass is 10.3. The summed E-state index contributed by atoms with van der Waals surface area (Å²) in [5.74, 6) is 0.00477. The van der Waals surface area contributed by atoms with Crippen LogP contribution in [0.25, 0.3) is 0 Å². The predicted molar refractivity (Wildman–Crippen MR) is 83.6 cm³/mol. The van der Waals surface area contributed by atoms with Gasteiger partial charge in [-0.1, -0.05) is 23.7 Å². The Balaban J connectivity index is 0. The highest BCUT2D eigenvalue weighted by Crippen LogP contribution is 2.19. The molecular weight excluding hydrogens is 345 g/mol. The molecule has 4 nitrogen and oxygen atoms in total. The summed E-state index contributed by atoms with van der Waals surface area (Å²) in [6.07, 6.45) is 0. The third-order valence-corrected chi connectivity index (χ3v) is 3.85. The van der Waals surface area contributed by atoms with Gasteiger partial charge in [0.25, 0.3) is 5.91 Å². The van der Waals surface area contributed by atoms with Crippen LogP contribution in [0.15, 0.2) is 24.3 Å². The van der Waals surface area contributed by atoms with Crippen LogP contribution in [0, 0.1) is 0 Å². The zero-order valence-electron chi connectivity index (χ0n) is 13.4. The molecule has 1 aromatic rings. The number of nitrogens with one attached hydrogen (secondary N) is 3. The van der Waals surface area contributed by atoms with Gasteiger partial charge in [0.1, 0.15) is 13.1 Å². The van der Waals surface area contributed by atoms with Gasteiger partial charge < -0.3 is 39.9 Å². The highest BCUT2D eigenvalue weighted by Gasteiger charge is 2.13. The van der Waals surface area contributed by atoms with Gasteiger partial charge >= 0.3 is 0 Å². The molecule has 0 spiro atoms. The molecule has 0 heterocycles. The number of amides is 1. The Kier molecular flexibility index (Phi) is 14.0. The minimum Gasteiger partial charge on any atom is -1.00 e. The molecule has 0 aliphatic heterocycles. The zero-order chi connectivity index (χ0) is 15.0. The summed E-state index contributed by atoms with van der Waals surface area (Å²) in [5.41, 5.74) is 0.682. The van der Waals surface area contributed by atoms with Crippen LogP contribution in [0.3, 0.4) is 0 Å². The molecule has 128 valence electrons. The minimum absolute atomic E-state index is 0. The van der Waals surface area contributed by atoms with Crippen molar-refractivity contribution in [2.45, 2.75) is 13.8 Å². The fraction of sp³-hybridized carbons (Fsp3) is 0.533. The Morgan fingerprint density at radius 3 is 2.27 bits per heavy atom. The van der Waals surface area contributed by atoms with E-state index in [0.29, 0.717) is 17.3 Å². The molecule has 0 saturated carbocycles. The van der Waals surface area contributed by atoms with Crippen molar-refractivity contribution >= 4 is 23.2 Å². The van der Waals surface area contributed by atoms with E-state index in [1.807, 2.05) is 18.2 Å². The summed E-state index contributed by atoms with van der Waals surface area (Å²) >= 11 is 6.02. The van der Waals surface area contributed by atoms with E-state index >= 15 is 0 Å². The van der Waals surface area contributed by atoms with Crippen LogP contribution < -0.4 is 39.9 Å². The third kappa shape index (κ3) is 8.81. The average molecular weight is 371 g/mol. The molecule has 3 N–H and O–H groups in total. The van der Waals surface area contributed by atoms with Crippen molar-refractivity contribution < 1.29 is 39.4 Å². The van der Waals surface area contributed by atoms with Crippen molar-refractivity contribution in [1.29, 1.82) is 0 Å². The van der Waals surface area contributed by atoms with Crippen molar-refractivity contribution in [3.63, 3.8) is 0 Å². The van der Waals surface area contributed by atoms with Crippen molar-refractivity contribution in [3.8, 4) is 0 Å². The molecule has 1 amide bonds. The summed E-state index contributed by atoms with van der Waals surface area (Å²) in [6, 6.07) is 7.30. The summed E-state index contributed by atoms with van der Waals surface area (Å²) in [7, 11) is 2.05. The van der Waals surface area contributed by atoms with E-state index in [4.69, 9.17) is 11.6 Å². The van der Waals surface area contributed by atoms with E-state index in [-0.39, 0.29) is 30.7 Å². The summed E-state index contributed by atoms with van der Waals surface area (Å²) in [6.45, 7) is 9.21. The maximum atomic E-state index is 12.0. The standard InChI is InChI=1S/C15H24ClN3O.2ClH/c1-4-19(5-2)11-10-18(3)12-15(20)17-14-9-7-6-8-13(14)16;;/h6-9H,4-5,10-12H2,1-3H3,(H,17,20);2*1H. The van der Waals surface area contributed by atoms with Crippen LogP contribution in [-0.2, 0) is 4.79 Å². The van der Waals surface area contributed by atoms with Crippen LogP contribution in [0.4, 0.5) is 5.69 Å². The zero-order valence-corrected chi connectivity index (χ0v) is 15.7. The number of hydrogen-bond donors (Lipinski definition) is 3. The number of likely N-dealkylation sites (N-methyl/N-ethyl adjacent to an activating group) is 2. The van der Waals surface area contributed by atoms with Gasteiger partial charge in [-0.05, 0) is 26.0 Å². The second-order valence-electron chi connectivity index (χ2n) is 5.12. The second kappa shape index (κ2) is 13.0. The molecule has 1 unspecified atom stereocenters. The molecule has 0 bridgehead atoms. The maximum absolute atomic E-state index is 12.0. The SMILES string of the molecule is CC[NH+](CC)CC[NH+](C)CC(=O)Nc1ccccc1Cl.[Cl-].[Cl-]. The summed E-state index contributed by atoms with van der Waals surface area (Å²) in [4.78, 5) is 14.7. The first-order chi connectivity index (χ1) is 9.56. The van der Waals surface area contributed by atoms with Gasteiger partial charge in [-0.2, -0.15) is 0 Å². The number of quaternary nitrogens is 2. The van der Waals surface area contributed by atoms with E-state index < -0.39 is 0 Å². The average Bonchev–Trinajstić information content (AvgIpc) is 2.42. The largest absolute Gasteiger partial charge is 1.00 e. The molecule has 0 aliphatic rings. The normalized spacial score (nSPS) is 11.3. The highest BCUT2D eigenvalue weighted by atomic mass is 35.5. The molecule has 1 atom stereocenters. The molecule has 0 saturated heterocycles. The predicted octanol–water partition coefficient (Wildman–Crippen LogP) is -6.27. The Bertz CT molecular complexity index is 428. The number of carbonyl (C=O) groups is 1. The van der Waals surface area contributed by atoms with Gasteiger partial charge in [0.05, 0.1) is 30.8 Å². The first kappa shape index (κ1) is 23.7. The van der Waals surface area contributed by atoms with Gasteiger partial charge in [0.2, 0.25) is 0 Å². The molecule has 1 aromatic carbocycles. The van der Waals surface area contributed by atoms with E-state index in [0.717, 1.165) is 26.2 Å². The van der Waals surface area contributed by atoms with Crippen molar-refractivity contribution in [2.75, 3.05) is 45.1 Å². The van der Waals surface area contributed by atoms with E-state index in [9.17, 15) is 4.79 Å². The number of anilines is 1. The summed E-state index contributed by atoms with van der Waals surface area (Å²) in [5, 5.41) is 3.43. The quantitative estimate of drug-likeness (QED) is 0.419. The molecule has 0 fully saturated rings. The lowest BCUT2D eigenvalue weighted by molar-refractivity contribution is -0.943. The molecular formula is C15H26Cl3N3O. The van der Waals surface area contributed by atoms with Crippen LogP contribution >= 0.6 is 11.6 Å². The molecule has 0 aliphatic carbocycles. The van der Waals surface area contributed by atoms with Crippen molar-refractivity contribution in [3.05, 3.63) is 29.3 Å². The first-order valence-electron chi connectivity index (χ1n) is 7.26. The van der Waals surface area contributed by atoms with E-state index in [1.165, 1.54) is 4.90 Å². The van der Waals surface area contributed by atoms with Gasteiger partial charge in [-0.3, -0.25) is 4.79 Å². The van der Waals surface area contributed by atoms with Gasteiger partial charge in [-0.25, -0.2) is 0 Å². The topological polar surface area (TPSA) is 38.0 Å². The molecule has 0 radical (unpaired) electrons. The number of carbonyl (C=O) groups excluding carboxylic acids is 1.